The van der Waals surface area contributed by atoms with E-state index in [0.717, 1.165) is 5.69 Å². The van der Waals surface area contributed by atoms with E-state index in [4.69, 9.17) is 4.74 Å². The molecule has 2 unspecified atom stereocenters. The molecular formula is C14H21N3O4. The van der Waals surface area contributed by atoms with E-state index in [9.17, 15) is 14.7 Å². The topological polar surface area (TPSA) is 84.7 Å². The maximum absolute atomic E-state index is 11.9. The van der Waals surface area contributed by atoms with Crippen LogP contribution in [0.3, 0.4) is 0 Å². The quantitative estimate of drug-likeness (QED) is 0.868. The zero-order valence-electron chi connectivity index (χ0n) is 13.0. The Balaban J connectivity index is 2.55. The zero-order chi connectivity index (χ0) is 15.9. The van der Waals surface area contributed by atoms with Crippen LogP contribution >= 0.6 is 0 Å². The molecule has 1 aliphatic heterocycles. The van der Waals surface area contributed by atoms with Gasteiger partial charge < -0.3 is 14.7 Å². The van der Waals surface area contributed by atoms with E-state index >= 15 is 0 Å². The third-order valence-corrected chi connectivity index (χ3v) is 3.61. The van der Waals surface area contributed by atoms with E-state index in [-0.39, 0.29) is 17.9 Å². The molecule has 116 valence electrons. The van der Waals surface area contributed by atoms with Gasteiger partial charge in [0.2, 0.25) is 5.91 Å². The van der Waals surface area contributed by atoms with Crippen molar-refractivity contribution >= 4 is 11.9 Å². The minimum absolute atomic E-state index is 0.213. The zero-order valence-corrected chi connectivity index (χ0v) is 13.0. The summed E-state index contributed by atoms with van der Waals surface area (Å²) < 4.78 is 6.88. The monoisotopic (exact) mass is 295 g/mol. The largest absolute Gasteiger partial charge is 0.479 e. The number of aryl methyl sites for hydroxylation is 1. The van der Waals surface area contributed by atoms with Gasteiger partial charge in [-0.15, -0.1) is 0 Å². The first-order chi connectivity index (χ1) is 9.62. The van der Waals surface area contributed by atoms with Crippen LogP contribution in [0.25, 0.3) is 0 Å². The first-order valence-electron chi connectivity index (χ1n) is 6.77. The molecular weight excluding hydrogens is 274 g/mol. The highest BCUT2D eigenvalue weighted by Gasteiger charge is 2.43. The standard InChI is InChI=1S/C14H21N3O4/c1-14(2,3)12-8(6-16(4)15-12)10-11(13(19)20)21-7-9(18)17(10)5/h6,10-11H,7H2,1-5H3,(H,19,20). The molecule has 2 rings (SSSR count). The summed E-state index contributed by atoms with van der Waals surface area (Å²) in [6, 6.07) is -0.674. The number of rotatable bonds is 2. The minimum atomic E-state index is -1.09. The summed E-state index contributed by atoms with van der Waals surface area (Å²) in [4.78, 5) is 24.8. The van der Waals surface area contributed by atoms with Crippen LogP contribution < -0.4 is 0 Å². The highest BCUT2D eigenvalue weighted by atomic mass is 16.5. The molecule has 1 aliphatic rings. The Morgan fingerprint density at radius 3 is 2.57 bits per heavy atom. The number of carbonyl (C=O) groups is 2. The average Bonchev–Trinajstić information content (AvgIpc) is 2.73. The van der Waals surface area contributed by atoms with Crippen molar-refractivity contribution < 1.29 is 19.4 Å². The van der Waals surface area contributed by atoms with Gasteiger partial charge in [0.05, 0.1) is 11.7 Å². The Bertz CT molecular complexity index is 573. The van der Waals surface area contributed by atoms with Gasteiger partial charge in [-0.2, -0.15) is 5.10 Å². The fraction of sp³-hybridized carbons (Fsp3) is 0.643. The van der Waals surface area contributed by atoms with Crippen LogP contribution in [0.5, 0.6) is 0 Å². The third-order valence-electron chi connectivity index (χ3n) is 3.61. The number of ether oxygens (including phenoxy) is 1. The maximum atomic E-state index is 11.9. The molecule has 0 spiro atoms. The van der Waals surface area contributed by atoms with Crippen LogP contribution in [0.15, 0.2) is 6.20 Å². The lowest BCUT2D eigenvalue weighted by Crippen LogP contribution is -2.50. The molecule has 0 bridgehead atoms. The molecule has 1 amide bonds. The first-order valence-corrected chi connectivity index (χ1v) is 6.77. The number of likely N-dealkylation sites (N-methyl/N-ethyl adjacent to an activating group) is 1. The molecule has 0 radical (unpaired) electrons. The third kappa shape index (κ3) is 2.78. The van der Waals surface area contributed by atoms with E-state index in [1.165, 1.54) is 4.90 Å². The van der Waals surface area contributed by atoms with E-state index in [1.807, 2.05) is 20.8 Å². The van der Waals surface area contributed by atoms with Crippen molar-refractivity contribution in [2.75, 3.05) is 13.7 Å². The Morgan fingerprint density at radius 2 is 2.05 bits per heavy atom. The second kappa shape index (κ2) is 5.14. The van der Waals surface area contributed by atoms with Crippen LogP contribution in [0.4, 0.5) is 0 Å². The van der Waals surface area contributed by atoms with Crippen LogP contribution in [0.1, 0.15) is 38.1 Å². The Kier molecular flexibility index (Phi) is 3.79. The van der Waals surface area contributed by atoms with Gasteiger partial charge in [0.15, 0.2) is 6.10 Å². The minimum Gasteiger partial charge on any atom is -0.479 e. The normalized spacial score (nSPS) is 23.5. The summed E-state index contributed by atoms with van der Waals surface area (Å²) in [6.45, 7) is 5.79. The molecule has 0 saturated carbocycles. The number of hydrogen-bond donors (Lipinski definition) is 1. The number of morpholine rings is 1. The lowest BCUT2D eigenvalue weighted by molar-refractivity contribution is -0.171. The SMILES string of the molecule is CN1C(=O)COC(C(=O)O)C1c1cn(C)nc1C(C)(C)C. The number of carbonyl (C=O) groups excluding carboxylic acids is 1. The van der Waals surface area contributed by atoms with Gasteiger partial charge in [-0.05, 0) is 0 Å². The Labute approximate surface area is 123 Å². The van der Waals surface area contributed by atoms with E-state index in [2.05, 4.69) is 5.10 Å². The van der Waals surface area contributed by atoms with Crippen LogP contribution in [-0.4, -0.2) is 51.4 Å². The van der Waals surface area contributed by atoms with Gasteiger partial charge in [-0.25, -0.2) is 4.79 Å². The smallest absolute Gasteiger partial charge is 0.335 e. The van der Waals surface area contributed by atoms with Crippen molar-refractivity contribution in [2.45, 2.75) is 38.3 Å². The maximum Gasteiger partial charge on any atom is 0.335 e. The number of carboxylic acid groups (broad SMARTS) is 1. The average molecular weight is 295 g/mol. The van der Waals surface area contributed by atoms with Gasteiger partial charge in [0.1, 0.15) is 6.61 Å². The van der Waals surface area contributed by atoms with Crippen LogP contribution in [0.2, 0.25) is 0 Å². The fourth-order valence-electron chi connectivity index (χ4n) is 2.60. The predicted octanol–water partition coefficient (Wildman–Crippen LogP) is 0.700. The molecule has 7 nitrogen and oxygen atoms in total. The number of aliphatic carboxylic acids is 1. The van der Waals surface area contributed by atoms with E-state index < -0.39 is 18.1 Å². The molecule has 0 aromatic carbocycles. The van der Waals surface area contributed by atoms with Gasteiger partial charge in [-0.1, -0.05) is 20.8 Å². The van der Waals surface area contributed by atoms with Gasteiger partial charge in [-0.3, -0.25) is 9.48 Å². The summed E-state index contributed by atoms with van der Waals surface area (Å²) in [5.41, 5.74) is 1.22. The molecule has 1 aromatic heterocycles. The van der Waals surface area contributed by atoms with Gasteiger partial charge in [0.25, 0.3) is 0 Å². The Hall–Kier alpha value is -1.89. The number of carboxylic acids is 1. The summed E-state index contributed by atoms with van der Waals surface area (Å²) in [7, 11) is 3.38. The number of nitrogens with zero attached hydrogens (tertiary/aromatic N) is 3. The second-order valence-electron chi connectivity index (χ2n) is 6.38. The molecule has 1 fully saturated rings. The molecule has 2 atom stereocenters. The number of amides is 1. The molecule has 1 aromatic rings. The molecule has 1 N–H and O–H groups in total. The van der Waals surface area contributed by atoms with Crippen molar-refractivity contribution in [1.82, 2.24) is 14.7 Å². The van der Waals surface area contributed by atoms with Crippen molar-refractivity contribution in [3.63, 3.8) is 0 Å². The molecule has 1 saturated heterocycles. The lowest BCUT2D eigenvalue weighted by atomic mass is 9.85. The molecule has 7 heteroatoms. The number of hydrogen-bond acceptors (Lipinski definition) is 4. The van der Waals surface area contributed by atoms with Crippen molar-refractivity contribution in [2.24, 2.45) is 7.05 Å². The summed E-state index contributed by atoms with van der Waals surface area (Å²) in [5.74, 6) is -1.32. The second-order valence-corrected chi connectivity index (χ2v) is 6.38. The van der Waals surface area contributed by atoms with E-state index in [1.54, 1.807) is 25.0 Å². The predicted molar refractivity (Wildman–Crippen MR) is 74.8 cm³/mol. The van der Waals surface area contributed by atoms with Crippen molar-refractivity contribution in [3.8, 4) is 0 Å². The highest BCUT2D eigenvalue weighted by molar-refractivity contribution is 5.82. The fourth-order valence-corrected chi connectivity index (χ4v) is 2.60. The van der Waals surface area contributed by atoms with Crippen LogP contribution in [-0.2, 0) is 26.8 Å². The molecule has 0 aliphatic carbocycles. The first kappa shape index (κ1) is 15.5. The lowest BCUT2D eigenvalue weighted by Gasteiger charge is -2.37. The number of aromatic nitrogens is 2. The Morgan fingerprint density at radius 1 is 1.43 bits per heavy atom. The van der Waals surface area contributed by atoms with Gasteiger partial charge >= 0.3 is 5.97 Å². The highest BCUT2D eigenvalue weighted by Crippen LogP contribution is 2.35. The summed E-state index contributed by atoms with van der Waals surface area (Å²) in [6.07, 6.45) is 0.678. The molecule has 2 heterocycles. The van der Waals surface area contributed by atoms with E-state index in [0.29, 0.717) is 5.56 Å². The van der Waals surface area contributed by atoms with Crippen molar-refractivity contribution in [3.05, 3.63) is 17.5 Å². The van der Waals surface area contributed by atoms with Crippen molar-refractivity contribution in [1.29, 1.82) is 0 Å². The molecule has 21 heavy (non-hydrogen) atoms. The van der Waals surface area contributed by atoms with Gasteiger partial charge in [0, 0.05) is 31.3 Å². The summed E-state index contributed by atoms with van der Waals surface area (Å²) in [5, 5.41) is 13.8. The van der Waals surface area contributed by atoms with Crippen LogP contribution in [0, 0.1) is 0 Å². The summed E-state index contributed by atoms with van der Waals surface area (Å²) >= 11 is 0.